The van der Waals surface area contributed by atoms with Gasteiger partial charge < -0.3 is 15.2 Å². The summed E-state index contributed by atoms with van der Waals surface area (Å²) < 4.78 is 0.813. The van der Waals surface area contributed by atoms with Gasteiger partial charge in [0.25, 0.3) is 0 Å². The smallest absolute Gasteiger partial charge is 0.202 e. The molecule has 1 atom stereocenters. The van der Waals surface area contributed by atoms with E-state index >= 15 is 0 Å². The van der Waals surface area contributed by atoms with Gasteiger partial charge in [-0.2, -0.15) is 4.98 Å². The minimum absolute atomic E-state index is 0.470. The molecular formula is C13H18BrN5. The minimum Gasteiger partial charge on any atom is -0.352 e. The second kappa shape index (κ2) is 5.46. The monoisotopic (exact) mass is 323 g/mol. The van der Waals surface area contributed by atoms with Crippen LogP contribution in [-0.4, -0.2) is 45.5 Å². The second-order valence-corrected chi connectivity index (χ2v) is 5.78. The van der Waals surface area contributed by atoms with E-state index in [0.717, 1.165) is 34.8 Å². The maximum atomic E-state index is 4.49. The summed E-state index contributed by atoms with van der Waals surface area (Å²) >= 11 is 3.37. The molecule has 2 aromatic rings. The second-order valence-electron chi connectivity index (χ2n) is 4.97. The first kappa shape index (κ1) is 12.9. The summed E-state index contributed by atoms with van der Waals surface area (Å²) in [5.41, 5.74) is 1.72. The quantitative estimate of drug-likeness (QED) is 0.852. The molecule has 0 unspecified atom stereocenters. The number of fused-ring (bicyclic) bond motifs is 1. The zero-order chi connectivity index (χ0) is 13.2. The molecule has 1 aliphatic rings. The minimum atomic E-state index is 0.470. The molecule has 1 fully saturated rings. The fourth-order valence-corrected chi connectivity index (χ4v) is 2.89. The fraction of sp³-hybridized carbons (Fsp3) is 0.538. The molecule has 6 heteroatoms. The molecule has 0 bridgehead atoms. The fourth-order valence-electron chi connectivity index (χ4n) is 2.59. The van der Waals surface area contributed by atoms with Gasteiger partial charge in [0.1, 0.15) is 4.60 Å². The van der Waals surface area contributed by atoms with Crippen LogP contribution in [0, 0.1) is 0 Å². The summed E-state index contributed by atoms with van der Waals surface area (Å²) in [6.07, 6.45) is 2.44. The number of aromatic amines is 1. The first-order valence-electron chi connectivity index (χ1n) is 6.76. The number of nitrogens with zero attached hydrogens (tertiary/aromatic N) is 3. The van der Waals surface area contributed by atoms with E-state index in [2.05, 4.69) is 48.0 Å². The summed E-state index contributed by atoms with van der Waals surface area (Å²) in [5, 5.41) is 3.49. The summed E-state index contributed by atoms with van der Waals surface area (Å²) in [6, 6.07) is 4.38. The number of pyridine rings is 1. The Morgan fingerprint density at radius 2 is 2.37 bits per heavy atom. The summed E-state index contributed by atoms with van der Waals surface area (Å²) in [7, 11) is 0. The van der Waals surface area contributed by atoms with Gasteiger partial charge in [-0.3, -0.25) is 0 Å². The van der Waals surface area contributed by atoms with E-state index in [1.807, 2.05) is 12.1 Å². The third-order valence-electron chi connectivity index (χ3n) is 3.61. The molecule has 1 aliphatic heterocycles. The van der Waals surface area contributed by atoms with Crippen LogP contribution in [0.4, 0.5) is 5.95 Å². The molecule has 3 heterocycles. The number of H-pyrrole nitrogens is 1. The molecule has 0 amide bonds. The molecule has 102 valence electrons. The lowest BCUT2D eigenvalue weighted by Gasteiger charge is -2.32. The lowest BCUT2D eigenvalue weighted by atomic mass is 10.1. The van der Waals surface area contributed by atoms with Gasteiger partial charge in [-0.25, -0.2) is 4.98 Å². The maximum Gasteiger partial charge on any atom is 0.202 e. The number of halogens is 1. The van der Waals surface area contributed by atoms with E-state index in [9.17, 15) is 0 Å². The Labute approximate surface area is 120 Å². The van der Waals surface area contributed by atoms with Crippen molar-refractivity contribution in [3.63, 3.8) is 0 Å². The van der Waals surface area contributed by atoms with Crippen molar-refractivity contribution in [3.8, 4) is 0 Å². The Bertz CT molecular complexity index is 567. The number of hydrogen-bond acceptors (Lipinski definition) is 4. The zero-order valence-corrected chi connectivity index (χ0v) is 12.6. The van der Waals surface area contributed by atoms with Crippen molar-refractivity contribution in [2.24, 2.45) is 0 Å². The molecule has 5 nitrogen and oxygen atoms in total. The van der Waals surface area contributed by atoms with Crippen molar-refractivity contribution in [3.05, 3.63) is 16.7 Å². The average Bonchev–Trinajstić information content (AvgIpc) is 2.80. The van der Waals surface area contributed by atoms with E-state index in [-0.39, 0.29) is 0 Å². The number of imidazole rings is 1. The van der Waals surface area contributed by atoms with Crippen LogP contribution in [0.15, 0.2) is 16.7 Å². The number of hydrogen-bond donors (Lipinski definition) is 2. The molecule has 3 rings (SSSR count). The first-order chi connectivity index (χ1) is 9.24. The molecule has 1 saturated heterocycles. The van der Waals surface area contributed by atoms with Crippen molar-refractivity contribution in [1.82, 2.24) is 19.9 Å². The van der Waals surface area contributed by atoms with Crippen molar-refractivity contribution in [1.29, 1.82) is 0 Å². The van der Waals surface area contributed by atoms with Crippen LogP contribution in [0.3, 0.4) is 0 Å². The van der Waals surface area contributed by atoms with E-state index in [1.54, 1.807) is 0 Å². The molecule has 0 aliphatic carbocycles. The summed E-state index contributed by atoms with van der Waals surface area (Å²) in [5.74, 6) is 0.823. The van der Waals surface area contributed by atoms with Crippen LogP contribution in [0.25, 0.3) is 11.2 Å². The van der Waals surface area contributed by atoms with Crippen LogP contribution in [0.5, 0.6) is 0 Å². The predicted molar refractivity (Wildman–Crippen MR) is 80.3 cm³/mol. The van der Waals surface area contributed by atoms with Crippen molar-refractivity contribution in [2.45, 2.75) is 25.8 Å². The zero-order valence-electron chi connectivity index (χ0n) is 11.0. The van der Waals surface area contributed by atoms with Crippen LogP contribution in [-0.2, 0) is 0 Å². The van der Waals surface area contributed by atoms with Crippen LogP contribution < -0.4 is 5.32 Å². The number of aromatic nitrogens is 3. The Morgan fingerprint density at radius 3 is 3.21 bits per heavy atom. The first-order valence-corrected chi connectivity index (χ1v) is 7.55. The average molecular weight is 324 g/mol. The van der Waals surface area contributed by atoms with Crippen molar-refractivity contribution in [2.75, 3.05) is 25.0 Å². The van der Waals surface area contributed by atoms with Gasteiger partial charge in [0.05, 0.1) is 5.52 Å². The van der Waals surface area contributed by atoms with Gasteiger partial charge in [0, 0.05) is 12.6 Å². The molecule has 2 aromatic heterocycles. The number of likely N-dealkylation sites (N-methyl/N-ethyl adjacent to an activating group) is 1. The van der Waals surface area contributed by atoms with E-state index < -0.39 is 0 Å². The number of likely N-dealkylation sites (tertiary alicyclic amines) is 1. The summed E-state index contributed by atoms with van der Waals surface area (Å²) in [6.45, 7) is 5.63. The highest BCUT2D eigenvalue weighted by molar-refractivity contribution is 9.10. The Morgan fingerprint density at radius 1 is 1.47 bits per heavy atom. The van der Waals surface area contributed by atoms with Gasteiger partial charge in [0.2, 0.25) is 5.95 Å². The number of anilines is 1. The van der Waals surface area contributed by atoms with Crippen LogP contribution >= 0.6 is 15.9 Å². The standard InChI is InChI=1S/C13H18BrN5/c1-2-19-7-3-4-9(8-19)15-13-16-10-5-6-11(14)17-12(10)18-13/h5-6,9H,2-4,7-8H2,1H3,(H2,15,16,17,18)/t9-/m1/s1. The molecule has 0 saturated carbocycles. The largest absolute Gasteiger partial charge is 0.352 e. The molecule has 0 radical (unpaired) electrons. The number of rotatable bonds is 3. The van der Waals surface area contributed by atoms with Gasteiger partial charge in [-0.05, 0) is 54.0 Å². The van der Waals surface area contributed by atoms with Crippen LogP contribution in [0.2, 0.25) is 0 Å². The number of nitrogens with one attached hydrogen (secondary N) is 2. The maximum absolute atomic E-state index is 4.49. The molecule has 2 N–H and O–H groups in total. The SMILES string of the molecule is CCN1CCC[C@@H](Nc2nc3nc(Br)ccc3[nH]2)C1. The predicted octanol–water partition coefficient (Wildman–Crippen LogP) is 2.62. The van der Waals surface area contributed by atoms with Gasteiger partial charge in [-0.1, -0.05) is 6.92 Å². The Balaban J connectivity index is 1.74. The van der Waals surface area contributed by atoms with Crippen LogP contribution in [0.1, 0.15) is 19.8 Å². The van der Waals surface area contributed by atoms with Gasteiger partial charge >= 0.3 is 0 Å². The highest BCUT2D eigenvalue weighted by atomic mass is 79.9. The van der Waals surface area contributed by atoms with Crippen molar-refractivity contribution < 1.29 is 0 Å². The Hall–Kier alpha value is -1.14. The van der Waals surface area contributed by atoms with Gasteiger partial charge in [0.15, 0.2) is 5.65 Å². The molecule has 19 heavy (non-hydrogen) atoms. The van der Waals surface area contributed by atoms with E-state index in [4.69, 9.17) is 0 Å². The van der Waals surface area contributed by atoms with E-state index in [0.29, 0.717) is 6.04 Å². The third-order valence-corrected chi connectivity index (χ3v) is 4.05. The highest BCUT2D eigenvalue weighted by Gasteiger charge is 2.19. The highest BCUT2D eigenvalue weighted by Crippen LogP contribution is 2.18. The molecule has 0 spiro atoms. The van der Waals surface area contributed by atoms with Gasteiger partial charge in [-0.15, -0.1) is 0 Å². The lowest BCUT2D eigenvalue weighted by Crippen LogP contribution is -2.42. The normalized spacial score (nSPS) is 20.8. The lowest BCUT2D eigenvalue weighted by molar-refractivity contribution is 0.226. The summed E-state index contributed by atoms with van der Waals surface area (Å²) in [4.78, 5) is 14.6. The topological polar surface area (TPSA) is 56.8 Å². The van der Waals surface area contributed by atoms with E-state index in [1.165, 1.54) is 19.4 Å². The number of piperidine rings is 1. The third kappa shape index (κ3) is 2.90. The molecular weight excluding hydrogens is 306 g/mol. The molecule has 0 aromatic carbocycles. The Kier molecular flexibility index (Phi) is 3.70. The van der Waals surface area contributed by atoms with Crippen molar-refractivity contribution >= 4 is 33.0 Å².